The fourth-order valence-electron chi connectivity index (χ4n) is 1.87. The van der Waals surface area contributed by atoms with Crippen LogP contribution in [0.2, 0.25) is 0 Å². The highest BCUT2D eigenvalue weighted by Crippen LogP contribution is 2.27. The molecule has 0 aliphatic rings. The van der Waals surface area contributed by atoms with Crippen LogP contribution in [-0.2, 0) is 11.3 Å². The molecule has 1 heterocycles. The molecule has 1 rings (SSSR count). The first kappa shape index (κ1) is 15.6. The fourth-order valence-corrected chi connectivity index (χ4v) is 2.45. The monoisotopic (exact) mass is 318 g/mol. The number of hydrazine groups is 1. The zero-order valence-electron chi connectivity index (χ0n) is 11.3. The van der Waals surface area contributed by atoms with Crippen LogP contribution in [0.3, 0.4) is 0 Å². The number of methoxy groups -OCH3 is 1. The smallest absolute Gasteiger partial charge is 0.0710 e. The molecule has 0 spiro atoms. The van der Waals surface area contributed by atoms with Gasteiger partial charge in [0.05, 0.1) is 35.6 Å². The molecule has 1 aromatic rings. The lowest BCUT2D eigenvalue weighted by Crippen LogP contribution is -2.30. The third-order valence-corrected chi connectivity index (χ3v) is 3.52. The Balaban J connectivity index is 2.79. The average molecular weight is 319 g/mol. The molecule has 0 saturated carbocycles. The Labute approximate surface area is 117 Å². The van der Waals surface area contributed by atoms with Gasteiger partial charge < -0.3 is 4.74 Å². The van der Waals surface area contributed by atoms with Crippen molar-refractivity contribution < 1.29 is 4.74 Å². The molecule has 3 N–H and O–H groups in total. The van der Waals surface area contributed by atoms with Gasteiger partial charge in [-0.3, -0.25) is 16.0 Å². The first-order valence-electron chi connectivity index (χ1n) is 6.26. The van der Waals surface area contributed by atoms with E-state index in [1.807, 2.05) is 10.9 Å². The van der Waals surface area contributed by atoms with Crippen LogP contribution >= 0.6 is 15.9 Å². The van der Waals surface area contributed by atoms with Crippen molar-refractivity contribution in [3.8, 4) is 0 Å². The summed E-state index contributed by atoms with van der Waals surface area (Å²) in [6.07, 6.45) is 3.92. The topological polar surface area (TPSA) is 65.1 Å². The summed E-state index contributed by atoms with van der Waals surface area (Å²) in [7, 11) is 1.69. The number of nitrogens with zero attached hydrogens (tertiary/aromatic N) is 2. The summed E-state index contributed by atoms with van der Waals surface area (Å²) in [4.78, 5) is 0. The van der Waals surface area contributed by atoms with Crippen molar-refractivity contribution in [2.24, 2.45) is 11.8 Å². The van der Waals surface area contributed by atoms with E-state index in [9.17, 15) is 0 Å². The molecule has 18 heavy (non-hydrogen) atoms. The third kappa shape index (κ3) is 4.35. The van der Waals surface area contributed by atoms with Crippen molar-refractivity contribution in [3.63, 3.8) is 0 Å². The van der Waals surface area contributed by atoms with Gasteiger partial charge in [0.25, 0.3) is 0 Å². The van der Waals surface area contributed by atoms with Crippen LogP contribution in [0.1, 0.15) is 38.4 Å². The SMILES string of the molecule is COCCn1ncc(Br)c1C(CCC(C)C)NN. The minimum Gasteiger partial charge on any atom is -0.383 e. The molecular weight excluding hydrogens is 296 g/mol. The van der Waals surface area contributed by atoms with Gasteiger partial charge in [-0.1, -0.05) is 13.8 Å². The van der Waals surface area contributed by atoms with Crippen LogP contribution in [0.4, 0.5) is 0 Å². The van der Waals surface area contributed by atoms with E-state index in [4.69, 9.17) is 10.6 Å². The molecule has 104 valence electrons. The third-order valence-electron chi connectivity index (χ3n) is 2.90. The molecule has 0 aliphatic carbocycles. The molecule has 1 unspecified atom stereocenters. The van der Waals surface area contributed by atoms with Crippen LogP contribution in [0.15, 0.2) is 10.7 Å². The zero-order chi connectivity index (χ0) is 13.5. The van der Waals surface area contributed by atoms with E-state index < -0.39 is 0 Å². The Bertz CT molecular complexity index is 354. The number of nitrogens with one attached hydrogen (secondary N) is 1. The van der Waals surface area contributed by atoms with Crippen molar-refractivity contribution in [1.82, 2.24) is 15.2 Å². The van der Waals surface area contributed by atoms with E-state index in [-0.39, 0.29) is 6.04 Å². The van der Waals surface area contributed by atoms with Crippen molar-refractivity contribution in [3.05, 3.63) is 16.4 Å². The summed E-state index contributed by atoms with van der Waals surface area (Å²) >= 11 is 3.54. The number of aromatic nitrogens is 2. The minimum atomic E-state index is 0.112. The van der Waals surface area contributed by atoms with Crippen molar-refractivity contribution in [2.75, 3.05) is 13.7 Å². The maximum atomic E-state index is 5.67. The maximum Gasteiger partial charge on any atom is 0.0710 e. The first-order valence-corrected chi connectivity index (χ1v) is 7.05. The fraction of sp³-hybridized carbons (Fsp3) is 0.750. The van der Waals surface area contributed by atoms with E-state index in [0.29, 0.717) is 12.5 Å². The highest BCUT2D eigenvalue weighted by Gasteiger charge is 2.19. The summed E-state index contributed by atoms with van der Waals surface area (Å²) in [5, 5.41) is 4.34. The van der Waals surface area contributed by atoms with E-state index in [0.717, 1.165) is 29.6 Å². The number of hydrogen-bond donors (Lipinski definition) is 2. The molecule has 0 aromatic carbocycles. The second-order valence-electron chi connectivity index (χ2n) is 4.78. The largest absolute Gasteiger partial charge is 0.383 e. The Morgan fingerprint density at radius 1 is 1.50 bits per heavy atom. The van der Waals surface area contributed by atoms with Gasteiger partial charge in [0, 0.05) is 7.11 Å². The number of nitrogens with two attached hydrogens (primary N) is 1. The molecule has 6 heteroatoms. The van der Waals surface area contributed by atoms with Crippen LogP contribution in [-0.4, -0.2) is 23.5 Å². The standard InChI is InChI=1S/C12H23BrN4O/c1-9(2)4-5-11(16-14)12-10(13)8-15-17(12)6-7-18-3/h8-9,11,16H,4-7,14H2,1-3H3. The lowest BCUT2D eigenvalue weighted by molar-refractivity contribution is 0.181. The maximum absolute atomic E-state index is 5.67. The Morgan fingerprint density at radius 3 is 2.78 bits per heavy atom. The van der Waals surface area contributed by atoms with Gasteiger partial charge in [-0.05, 0) is 34.7 Å². The van der Waals surface area contributed by atoms with Gasteiger partial charge in [-0.15, -0.1) is 0 Å². The molecule has 0 bridgehead atoms. The number of rotatable bonds is 8. The second-order valence-corrected chi connectivity index (χ2v) is 5.64. The van der Waals surface area contributed by atoms with Gasteiger partial charge in [0.1, 0.15) is 0 Å². The predicted octanol–water partition coefficient (Wildman–Crippen LogP) is 2.23. The molecule has 0 radical (unpaired) electrons. The number of hydrogen-bond acceptors (Lipinski definition) is 4. The first-order chi connectivity index (χ1) is 8.60. The van der Waals surface area contributed by atoms with Crippen molar-refractivity contribution >= 4 is 15.9 Å². The summed E-state index contributed by atoms with van der Waals surface area (Å²) in [6.45, 7) is 5.80. The Kier molecular flexibility index (Phi) is 6.85. The average Bonchev–Trinajstić information content (AvgIpc) is 2.69. The van der Waals surface area contributed by atoms with Crippen LogP contribution < -0.4 is 11.3 Å². The van der Waals surface area contributed by atoms with Crippen LogP contribution in [0, 0.1) is 5.92 Å². The number of halogens is 1. The molecule has 1 aromatic heterocycles. The summed E-state index contributed by atoms with van der Waals surface area (Å²) < 4.78 is 8.03. The molecule has 1 atom stereocenters. The molecule has 0 saturated heterocycles. The van der Waals surface area contributed by atoms with E-state index >= 15 is 0 Å². The molecule has 0 aliphatic heterocycles. The van der Waals surface area contributed by atoms with Gasteiger partial charge in [-0.2, -0.15) is 5.10 Å². The minimum absolute atomic E-state index is 0.112. The van der Waals surface area contributed by atoms with Crippen LogP contribution in [0.25, 0.3) is 0 Å². The lowest BCUT2D eigenvalue weighted by Gasteiger charge is -2.19. The second kappa shape index (κ2) is 7.89. The van der Waals surface area contributed by atoms with E-state index in [1.54, 1.807) is 7.11 Å². The summed E-state index contributed by atoms with van der Waals surface area (Å²) in [5.41, 5.74) is 3.98. The highest BCUT2D eigenvalue weighted by molar-refractivity contribution is 9.10. The van der Waals surface area contributed by atoms with E-state index in [1.165, 1.54) is 0 Å². The Hall–Kier alpha value is -0.430. The molecule has 0 fully saturated rings. The van der Waals surface area contributed by atoms with Crippen LogP contribution in [0.5, 0.6) is 0 Å². The zero-order valence-corrected chi connectivity index (χ0v) is 12.9. The van der Waals surface area contributed by atoms with Gasteiger partial charge >= 0.3 is 0 Å². The molecular formula is C12H23BrN4O. The summed E-state index contributed by atoms with van der Waals surface area (Å²) in [6, 6.07) is 0.112. The molecule has 5 nitrogen and oxygen atoms in total. The van der Waals surface area contributed by atoms with Crippen molar-refractivity contribution in [1.29, 1.82) is 0 Å². The van der Waals surface area contributed by atoms with Gasteiger partial charge in [-0.25, -0.2) is 0 Å². The normalized spacial score (nSPS) is 13.2. The summed E-state index contributed by atoms with van der Waals surface area (Å²) in [5.74, 6) is 6.34. The Morgan fingerprint density at radius 2 is 2.22 bits per heavy atom. The predicted molar refractivity (Wildman–Crippen MR) is 75.9 cm³/mol. The quantitative estimate of drug-likeness (QED) is 0.570. The lowest BCUT2D eigenvalue weighted by atomic mass is 10.0. The molecule has 0 amide bonds. The van der Waals surface area contributed by atoms with Gasteiger partial charge in [0.15, 0.2) is 0 Å². The highest BCUT2D eigenvalue weighted by atomic mass is 79.9. The van der Waals surface area contributed by atoms with Gasteiger partial charge in [0.2, 0.25) is 0 Å². The van der Waals surface area contributed by atoms with E-state index in [2.05, 4.69) is 40.3 Å². The number of ether oxygens (including phenoxy) is 1. The van der Waals surface area contributed by atoms with Crippen molar-refractivity contribution in [2.45, 2.75) is 39.3 Å².